The molecule has 0 heterocycles. The van der Waals surface area contributed by atoms with E-state index in [2.05, 4.69) is 36.8 Å². The van der Waals surface area contributed by atoms with Gasteiger partial charge < -0.3 is 4.90 Å². The van der Waals surface area contributed by atoms with Gasteiger partial charge in [-0.05, 0) is 47.0 Å². The Morgan fingerprint density at radius 3 is 2.40 bits per heavy atom. The number of nitrogens with zero attached hydrogens (tertiary/aromatic N) is 1. The van der Waals surface area contributed by atoms with Crippen molar-refractivity contribution < 1.29 is 13.2 Å². The summed E-state index contributed by atoms with van der Waals surface area (Å²) in [4.78, 5) is 2.46. The summed E-state index contributed by atoms with van der Waals surface area (Å²) in [5.41, 5.74) is 0.176. The van der Waals surface area contributed by atoms with Crippen LogP contribution in [0, 0.1) is 0 Å². The smallest absolute Gasteiger partial charge is 0.370 e. The Labute approximate surface area is 133 Å². The predicted molar refractivity (Wildman–Crippen MR) is 82.5 cm³/mol. The van der Waals surface area contributed by atoms with E-state index in [1.54, 1.807) is 6.07 Å². The molecule has 0 radical (unpaired) electrons. The van der Waals surface area contributed by atoms with Crippen molar-refractivity contribution in [1.82, 2.24) is 0 Å². The highest BCUT2D eigenvalue weighted by Crippen LogP contribution is 2.37. The zero-order chi connectivity index (χ0) is 14.9. The van der Waals surface area contributed by atoms with Crippen LogP contribution in [0.25, 0.3) is 0 Å². The zero-order valence-electron chi connectivity index (χ0n) is 11.1. The second kappa shape index (κ2) is 6.26. The molecule has 1 aromatic carbocycles. The minimum absolute atomic E-state index is 0.316. The molecular weight excluding hydrogens is 399 g/mol. The topological polar surface area (TPSA) is 3.24 Å². The van der Waals surface area contributed by atoms with E-state index in [4.69, 9.17) is 0 Å². The molecule has 1 aliphatic carbocycles. The first-order valence-corrected chi connectivity index (χ1v) is 8.25. The van der Waals surface area contributed by atoms with E-state index < -0.39 is 11.7 Å². The molecule has 0 bridgehead atoms. The van der Waals surface area contributed by atoms with Gasteiger partial charge in [0, 0.05) is 22.4 Å². The minimum atomic E-state index is -4.30. The van der Waals surface area contributed by atoms with Gasteiger partial charge in [-0.1, -0.05) is 28.8 Å². The van der Waals surface area contributed by atoms with Gasteiger partial charge in [0.2, 0.25) is 0 Å². The molecule has 0 aliphatic heterocycles. The van der Waals surface area contributed by atoms with Crippen molar-refractivity contribution in [2.75, 3.05) is 11.9 Å². The molecule has 0 saturated heterocycles. The first kappa shape index (κ1) is 16.1. The van der Waals surface area contributed by atoms with Crippen LogP contribution in [0.15, 0.2) is 22.7 Å². The van der Waals surface area contributed by atoms with E-state index in [9.17, 15) is 13.2 Å². The van der Waals surface area contributed by atoms with Crippen molar-refractivity contribution in [2.24, 2.45) is 0 Å². The summed E-state index contributed by atoms with van der Waals surface area (Å²) < 4.78 is 38.5. The highest BCUT2D eigenvalue weighted by atomic mass is 79.9. The van der Waals surface area contributed by atoms with Crippen molar-refractivity contribution in [1.29, 1.82) is 0 Å². The zero-order valence-corrected chi connectivity index (χ0v) is 14.2. The van der Waals surface area contributed by atoms with Gasteiger partial charge in [0.25, 0.3) is 0 Å². The number of rotatable bonds is 2. The fraction of sp³-hybridized carbons (Fsp3) is 0.571. The first-order chi connectivity index (χ1) is 9.30. The molecule has 6 heteroatoms. The van der Waals surface area contributed by atoms with Gasteiger partial charge in [-0.25, -0.2) is 0 Å². The maximum atomic E-state index is 12.7. The van der Waals surface area contributed by atoms with Crippen LogP contribution in [0.3, 0.4) is 0 Å². The Kier molecular flexibility index (Phi) is 5.05. The highest BCUT2D eigenvalue weighted by molar-refractivity contribution is 9.10. The van der Waals surface area contributed by atoms with Crippen LogP contribution in [0.1, 0.15) is 31.2 Å². The van der Waals surface area contributed by atoms with Crippen LogP contribution in [0.5, 0.6) is 0 Å². The van der Waals surface area contributed by atoms with Crippen molar-refractivity contribution in [3.63, 3.8) is 0 Å². The van der Waals surface area contributed by atoms with E-state index in [1.165, 1.54) is 6.42 Å². The molecule has 1 nitrogen and oxygen atoms in total. The molecule has 0 spiro atoms. The van der Waals surface area contributed by atoms with E-state index >= 15 is 0 Å². The van der Waals surface area contributed by atoms with Gasteiger partial charge in [-0.2, -0.15) is 13.2 Å². The van der Waals surface area contributed by atoms with E-state index in [1.807, 2.05) is 7.05 Å². The molecule has 1 fully saturated rings. The Balaban J connectivity index is 2.24. The van der Waals surface area contributed by atoms with Gasteiger partial charge >= 0.3 is 6.18 Å². The molecular formula is C14H16Br2F3N. The van der Waals surface area contributed by atoms with Crippen LogP contribution in [-0.2, 0) is 6.18 Å². The number of hydrogen-bond acceptors (Lipinski definition) is 1. The summed E-state index contributed by atoms with van der Waals surface area (Å²) in [6, 6.07) is 4.15. The average Bonchev–Trinajstić information content (AvgIpc) is 2.37. The average molecular weight is 415 g/mol. The van der Waals surface area contributed by atoms with E-state index in [0.717, 1.165) is 37.1 Å². The molecule has 1 saturated carbocycles. The maximum absolute atomic E-state index is 12.7. The van der Waals surface area contributed by atoms with Gasteiger partial charge in [0.1, 0.15) is 0 Å². The molecule has 0 N–H and O–H groups in total. The Morgan fingerprint density at radius 2 is 1.85 bits per heavy atom. The fourth-order valence-corrected chi connectivity index (χ4v) is 4.25. The summed E-state index contributed by atoms with van der Waals surface area (Å²) in [6.07, 6.45) is 0.222. The minimum Gasteiger partial charge on any atom is -0.370 e. The summed E-state index contributed by atoms with van der Waals surface area (Å²) in [5.74, 6) is 0. The maximum Gasteiger partial charge on any atom is 0.416 e. The summed E-state index contributed by atoms with van der Waals surface area (Å²) in [6.45, 7) is 0. The van der Waals surface area contributed by atoms with Crippen LogP contribution in [-0.4, -0.2) is 17.9 Å². The normalized spacial score (nSPS) is 23.7. The van der Waals surface area contributed by atoms with Crippen molar-refractivity contribution >= 4 is 37.5 Å². The Bertz CT molecular complexity index is 476. The molecule has 112 valence electrons. The Hall–Kier alpha value is -0.230. The van der Waals surface area contributed by atoms with Crippen molar-refractivity contribution in [3.05, 3.63) is 28.2 Å². The summed E-state index contributed by atoms with van der Waals surface area (Å²) >= 11 is 6.96. The Morgan fingerprint density at radius 1 is 1.20 bits per heavy atom. The SMILES string of the molecule is CN(c1ccc(C(F)(F)F)cc1Br)C1CCCCC1Br. The van der Waals surface area contributed by atoms with Gasteiger partial charge in [-0.3, -0.25) is 0 Å². The van der Waals surface area contributed by atoms with Crippen molar-refractivity contribution in [2.45, 2.75) is 42.7 Å². The fourth-order valence-electron chi connectivity index (χ4n) is 2.65. The van der Waals surface area contributed by atoms with Crippen LogP contribution < -0.4 is 4.90 Å². The predicted octanol–water partition coefficient (Wildman–Crippen LogP) is 5.61. The third-order valence-electron chi connectivity index (χ3n) is 3.80. The molecule has 20 heavy (non-hydrogen) atoms. The number of alkyl halides is 4. The molecule has 2 rings (SSSR count). The molecule has 1 aromatic rings. The first-order valence-electron chi connectivity index (χ1n) is 6.54. The summed E-state index contributed by atoms with van der Waals surface area (Å²) in [7, 11) is 1.94. The number of benzene rings is 1. The molecule has 0 aromatic heterocycles. The van der Waals surface area contributed by atoms with E-state index in [-0.39, 0.29) is 0 Å². The van der Waals surface area contributed by atoms with Crippen LogP contribution in [0.2, 0.25) is 0 Å². The highest BCUT2D eigenvalue weighted by Gasteiger charge is 2.32. The number of anilines is 1. The molecule has 2 unspecified atom stereocenters. The van der Waals surface area contributed by atoms with E-state index in [0.29, 0.717) is 15.3 Å². The molecule has 0 amide bonds. The van der Waals surface area contributed by atoms with Crippen LogP contribution >= 0.6 is 31.9 Å². The molecule has 1 aliphatic rings. The third kappa shape index (κ3) is 3.50. The lowest BCUT2D eigenvalue weighted by Crippen LogP contribution is -2.40. The second-order valence-electron chi connectivity index (χ2n) is 5.14. The van der Waals surface area contributed by atoms with Crippen LogP contribution in [0.4, 0.5) is 18.9 Å². The largest absolute Gasteiger partial charge is 0.416 e. The van der Waals surface area contributed by atoms with Crippen molar-refractivity contribution in [3.8, 4) is 0 Å². The van der Waals surface area contributed by atoms with Gasteiger partial charge in [0.05, 0.1) is 11.3 Å². The third-order valence-corrected chi connectivity index (χ3v) is 5.50. The number of halogens is 5. The standard InChI is InChI=1S/C14H16Br2F3N/c1-20(12-5-3-2-4-10(12)15)13-7-6-9(8-11(13)16)14(17,18)19/h6-8,10,12H,2-5H2,1H3. The second-order valence-corrected chi connectivity index (χ2v) is 7.17. The number of hydrogen-bond donors (Lipinski definition) is 0. The quantitative estimate of drug-likeness (QED) is 0.568. The van der Waals surface area contributed by atoms with Gasteiger partial charge in [0.15, 0.2) is 0 Å². The van der Waals surface area contributed by atoms with Gasteiger partial charge in [-0.15, -0.1) is 0 Å². The monoisotopic (exact) mass is 413 g/mol. The summed E-state index contributed by atoms with van der Waals surface area (Å²) in [5, 5.41) is 0. The lowest BCUT2D eigenvalue weighted by atomic mass is 9.94. The lowest BCUT2D eigenvalue weighted by Gasteiger charge is -2.37. The molecule has 2 atom stereocenters. The lowest BCUT2D eigenvalue weighted by molar-refractivity contribution is -0.137.